The molecule has 0 atom stereocenters. The maximum Gasteiger partial charge on any atom is 0.242 e. The fraction of sp³-hybridized carbons (Fsp3) is 0.111. The van der Waals surface area contributed by atoms with Crippen LogP contribution in [0, 0.1) is 5.82 Å². The fourth-order valence-corrected chi connectivity index (χ4v) is 3.03. The number of aromatic nitrogens is 5. The van der Waals surface area contributed by atoms with Gasteiger partial charge in [0.2, 0.25) is 17.8 Å². The molecule has 0 fully saturated rings. The number of aryl methyl sites for hydroxylation is 1. The summed E-state index contributed by atoms with van der Waals surface area (Å²) in [7, 11) is 0. The van der Waals surface area contributed by atoms with Crippen molar-refractivity contribution in [3.05, 3.63) is 58.6 Å². The van der Waals surface area contributed by atoms with E-state index >= 15 is 0 Å². The van der Waals surface area contributed by atoms with Gasteiger partial charge in [0.25, 0.3) is 0 Å². The van der Waals surface area contributed by atoms with Gasteiger partial charge in [-0.3, -0.25) is 4.57 Å². The highest BCUT2D eigenvalue weighted by atomic mass is 79.9. The number of benzene rings is 2. The molecule has 0 spiro atoms. The van der Waals surface area contributed by atoms with E-state index in [4.69, 9.17) is 5.73 Å². The Balaban J connectivity index is 1.81. The number of hydrogen-bond acceptors (Lipinski definition) is 6. The molecule has 27 heavy (non-hydrogen) atoms. The Labute approximate surface area is 162 Å². The van der Waals surface area contributed by atoms with Crippen LogP contribution in [0.2, 0.25) is 0 Å². The minimum Gasteiger partial charge on any atom is -0.368 e. The van der Waals surface area contributed by atoms with Gasteiger partial charge in [-0.15, -0.1) is 0 Å². The molecular weight excluding hydrogens is 413 g/mol. The molecule has 0 saturated heterocycles. The van der Waals surface area contributed by atoms with Crippen molar-refractivity contribution >= 4 is 44.5 Å². The molecule has 0 radical (unpaired) electrons. The molecular formula is C18H15BrFN7. The highest BCUT2D eigenvalue weighted by molar-refractivity contribution is 9.10. The quantitative estimate of drug-likeness (QED) is 0.510. The molecule has 0 bridgehead atoms. The molecule has 2 heterocycles. The summed E-state index contributed by atoms with van der Waals surface area (Å²) in [4.78, 5) is 17.4. The summed E-state index contributed by atoms with van der Waals surface area (Å²) >= 11 is 3.40. The summed E-state index contributed by atoms with van der Waals surface area (Å²) in [5.41, 5.74) is 7.95. The first-order chi connectivity index (χ1) is 13.0. The van der Waals surface area contributed by atoms with Crippen molar-refractivity contribution in [2.75, 3.05) is 11.1 Å². The topological polar surface area (TPSA) is 94.5 Å². The number of hydrogen-bond donors (Lipinski definition) is 2. The highest BCUT2D eigenvalue weighted by Crippen LogP contribution is 2.23. The lowest BCUT2D eigenvalue weighted by molar-refractivity contribution is 0.629. The van der Waals surface area contributed by atoms with Crippen molar-refractivity contribution in [3.8, 4) is 5.95 Å². The van der Waals surface area contributed by atoms with Crippen molar-refractivity contribution in [2.24, 2.45) is 0 Å². The number of nitrogen functional groups attached to an aromatic ring is 1. The average molecular weight is 428 g/mol. The Morgan fingerprint density at radius 1 is 1.07 bits per heavy atom. The molecule has 4 rings (SSSR count). The Morgan fingerprint density at radius 3 is 2.59 bits per heavy atom. The molecule has 2 aromatic carbocycles. The Morgan fingerprint density at radius 2 is 1.85 bits per heavy atom. The molecule has 0 amide bonds. The van der Waals surface area contributed by atoms with Crippen LogP contribution < -0.4 is 11.1 Å². The van der Waals surface area contributed by atoms with Gasteiger partial charge in [-0.1, -0.05) is 22.9 Å². The smallest absolute Gasteiger partial charge is 0.242 e. The number of nitrogens with two attached hydrogens (primary N) is 1. The lowest BCUT2D eigenvalue weighted by atomic mass is 10.3. The number of nitrogens with zero attached hydrogens (tertiary/aromatic N) is 5. The predicted octanol–water partition coefficient (Wildman–Crippen LogP) is 4.00. The van der Waals surface area contributed by atoms with Crippen LogP contribution in [-0.2, 0) is 6.42 Å². The van der Waals surface area contributed by atoms with Gasteiger partial charge in [-0.05, 0) is 36.4 Å². The number of fused-ring (bicyclic) bond motifs is 1. The van der Waals surface area contributed by atoms with E-state index in [2.05, 4.69) is 41.2 Å². The van der Waals surface area contributed by atoms with E-state index in [0.717, 1.165) is 10.2 Å². The van der Waals surface area contributed by atoms with Gasteiger partial charge in [-0.2, -0.15) is 15.0 Å². The van der Waals surface area contributed by atoms with Crippen molar-refractivity contribution in [1.82, 2.24) is 24.5 Å². The molecule has 0 saturated carbocycles. The first-order valence-corrected chi connectivity index (χ1v) is 9.04. The van der Waals surface area contributed by atoms with Crippen LogP contribution in [0.1, 0.15) is 12.7 Å². The second-order valence-electron chi connectivity index (χ2n) is 5.80. The normalized spacial score (nSPS) is 11.1. The lowest BCUT2D eigenvalue weighted by Crippen LogP contribution is -2.11. The number of halogens is 2. The first kappa shape index (κ1) is 17.3. The van der Waals surface area contributed by atoms with E-state index < -0.39 is 0 Å². The Bertz CT molecular complexity index is 1120. The monoisotopic (exact) mass is 427 g/mol. The molecule has 9 heteroatoms. The molecule has 0 aliphatic rings. The van der Waals surface area contributed by atoms with E-state index in [0.29, 0.717) is 35.2 Å². The van der Waals surface area contributed by atoms with Crippen molar-refractivity contribution in [2.45, 2.75) is 13.3 Å². The Kier molecular flexibility index (Phi) is 4.44. The zero-order valence-corrected chi connectivity index (χ0v) is 15.9. The predicted molar refractivity (Wildman–Crippen MR) is 106 cm³/mol. The van der Waals surface area contributed by atoms with Crippen LogP contribution in [0.25, 0.3) is 17.0 Å². The SMILES string of the molecule is CCc1nc2cc(F)ccc2n1-c1nc(N)nc(Nc2ccc(Br)cc2)n1. The molecule has 136 valence electrons. The fourth-order valence-electron chi connectivity index (χ4n) is 2.76. The van der Waals surface area contributed by atoms with Crippen molar-refractivity contribution < 1.29 is 4.39 Å². The Hall–Kier alpha value is -3.07. The lowest BCUT2D eigenvalue weighted by Gasteiger charge is -2.10. The zero-order valence-electron chi connectivity index (χ0n) is 14.3. The summed E-state index contributed by atoms with van der Waals surface area (Å²) in [5, 5.41) is 3.11. The summed E-state index contributed by atoms with van der Waals surface area (Å²) in [6.45, 7) is 1.96. The van der Waals surface area contributed by atoms with Gasteiger partial charge >= 0.3 is 0 Å². The van der Waals surface area contributed by atoms with E-state index in [1.54, 1.807) is 10.6 Å². The van der Waals surface area contributed by atoms with Gasteiger partial charge < -0.3 is 11.1 Å². The number of rotatable bonds is 4. The molecule has 0 unspecified atom stereocenters. The van der Waals surface area contributed by atoms with E-state index in [9.17, 15) is 4.39 Å². The van der Waals surface area contributed by atoms with Gasteiger partial charge in [0, 0.05) is 22.6 Å². The molecule has 0 aliphatic carbocycles. The van der Waals surface area contributed by atoms with E-state index in [1.807, 2.05) is 31.2 Å². The molecule has 3 N–H and O–H groups in total. The van der Waals surface area contributed by atoms with Gasteiger partial charge in [0.1, 0.15) is 11.6 Å². The number of imidazole rings is 1. The third-order valence-electron chi connectivity index (χ3n) is 3.94. The van der Waals surface area contributed by atoms with Crippen LogP contribution in [0.4, 0.5) is 22.0 Å². The highest BCUT2D eigenvalue weighted by Gasteiger charge is 2.16. The van der Waals surface area contributed by atoms with E-state index in [-0.39, 0.29) is 11.8 Å². The van der Waals surface area contributed by atoms with Crippen molar-refractivity contribution in [3.63, 3.8) is 0 Å². The first-order valence-electron chi connectivity index (χ1n) is 8.25. The van der Waals surface area contributed by atoms with Crippen LogP contribution in [0.3, 0.4) is 0 Å². The average Bonchev–Trinajstić information content (AvgIpc) is 3.00. The molecule has 7 nitrogen and oxygen atoms in total. The van der Waals surface area contributed by atoms with Gasteiger partial charge in [-0.25, -0.2) is 9.37 Å². The van der Waals surface area contributed by atoms with Gasteiger partial charge in [0.05, 0.1) is 11.0 Å². The van der Waals surface area contributed by atoms with Crippen LogP contribution in [-0.4, -0.2) is 24.5 Å². The summed E-state index contributed by atoms with van der Waals surface area (Å²) < 4.78 is 16.3. The maximum atomic E-state index is 13.6. The van der Waals surface area contributed by atoms with Crippen LogP contribution in [0.15, 0.2) is 46.9 Å². The summed E-state index contributed by atoms with van der Waals surface area (Å²) in [6, 6.07) is 12.0. The minimum atomic E-state index is -0.345. The van der Waals surface area contributed by atoms with Gasteiger partial charge in [0.15, 0.2) is 0 Å². The summed E-state index contributed by atoms with van der Waals surface area (Å²) in [5.74, 6) is 1.07. The summed E-state index contributed by atoms with van der Waals surface area (Å²) in [6.07, 6.45) is 0.622. The maximum absolute atomic E-state index is 13.6. The zero-order chi connectivity index (χ0) is 19.0. The number of nitrogens with one attached hydrogen (secondary N) is 1. The second-order valence-corrected chi connectivity index (χ2v) is 6.71. The van der Waals surface area contributed by atoms with Crippen LogP contribution >= 0.6 is 15.9 Å². The minimum absolute atomic E-state index is 0.0747. The number of anilines is 3. The molecule has 2 aromatic heterocycles. The second kappa shape index (κ2) is 6.92. The molecule has 4 aromatic rings. The van der Waals surface area contributed by atoms with E-state index in [1.165, 1.54) is 12.1 Å². The van der Waals surface area contributed by atoms with Crippen LogP contribution in [0.5, 0.6) is 0 Å². The third kappa shape index (κ3) is 3.45. The standard InChI is InChI=1S/C18H15BrFN7/c1-2-15-23-13-9-11(20)5-8-14(13)27(15)18-25-16(21)24-17(26-18)22-12-6-3-10(19)4-7-12/h3-9H,2H2,1H3,(H3,21,22,24,25,26). The van der Waals surface area contributed by atoms with Crippen molar-refractivity contribution in [1.29, 1.82) is 0 Å². The third-order valence-corrected chi connectivity index (χ3v) is 4.47. The molecule has 0 aliphatic heterocycles. The largest absolute Gasteiger partial charge is 0.368 e.